The monoisotopic (exact) mass is 379 g/mol. The van der Waals surface area contributed by atoms with E-state index in [1.807, 2.05) is 0 Å². The lowest BCUT2D eigenvalue weighted by atomic mass is 9.79. The second-order valence-electron chi connectivity index (χ2n) is 8.34. The molecule has 147 valence electrons. The van der Waals surface area contributed by atoms with Crippen molar-refractivity contribution in [3.8, 4) is 0 Å². The third-order valence-corrected chi connectivity index (χ3v) is 6.30. The zero-order valence-corrected chi connectivity index (χ0v) is 17.7. The van der Waals surface area contributed by atoms with E-state index in [2.05, 4.69) is 98.8 Å². The Hall–Kier alpha value is -2.60. The van der Waals surface area contributed by atoms with Gasteiger partial charge in [-0.1, -0.05) is 112 Å². The first-order valence-electron chi connectivity index (χ1n) is 11.0. The van der Waals surface area contributed by atoms with Crippen LogP contribution in [0.2, 0.25) is 0 Å². The molecule has 0 bridgehead atoms. The molecule has 29 heavy (non-hydrogen) atoms. The van der Waals surface area contributed by atoms with Crippen LogP contribution in [0.3, 0.4) is 0 Å². The van der Waals surface area contributed by atoms with E-state index in [9.17, 15) is 0 Å². The van der Waals surface area contributed by atoms with Gasteiger partial charge < -0.3 is 0 Å². The lowest BCUT2D eigenvalue weighted by Crippen LogP contribution is -2.16. The van der Waals surface area contributed by atoms with Crippen molar-refractivity contribution in [1.29, 1.82) is 0 Å². The molecule has 4 aromatic rings. The molecule has 1 radical (unpaired) electrons. The van der Waals surface area contributed by atoms with E-state index in [1.165, 1.54) is 51.9 Å². The van der Waals surface area contributed by atoms with E-state index in [0.29, 0.717) is 5.92 Å². The smallest absolute Gasteiger partial charge is 0.0152 e. The SMILES string of the molecule is CCCCC(Cc1cccc2ccccc12)[C](C)Cc1cccc2ccccc12. The minimum atomic E-state index is 0.625. The van der Waals surface area contributed by atoms with Crippen molar-refractivity contribution < 1.29 is 0 Å². The van der Waals surface area contributed by atoms with E-state index in [4.69, 9.17) is 0 Å². The highest BCUT2D eigenvalue weighted by atomic mass is 14.2. The Balaban J connectivity index is 1.60. The number of unbranched alkanes of at least 4 members (excludes halogenated alkanes) is 1. The molecule has 1 atom stereocenters. The van der Waals surface area contributed by atoms with Crippen molar-refractivity contribution in [2.24, 2.45) is 5.92 Å². The van der Waals surface area contributed by atoms with Gasteiger partial charge in [-0.2, -0.15) is 0 Å². The molecule has 0 spiro atoms. The van der Waals surface area contributed by atoms with Crippen LogP contribution in [0, 0.1) is 11.8 Å². The van der Waals surface area contributed by atoms with Gasteiger partial charge >= 0.3 is 0 Å². The van der Waals surface area contributed by atoms with Crippen molar-refractivity contribution in [1.82, 2.24) is 0 Å². The van der Waals surface area contributed by atoms with Gasteiger partial charge in [0, 0.05) is 0 Å². The lowest BCUT2D eigenvalue weighted by Gasteiger charge is -2.25. The molecule has 0 aliphatic rings. The Labute approximate surface area is 175 Å². The molecule has 0 saturated carbocycles. The molecular weight excluding hydrogens is 348 g/mol. The van der Waals surface area contributed by atoms with Crippen LogP contribution in [0.15, 0.2) is 84.9 Å². The summed E-state index contributed by atoms with van der Waals surface area (Å²) < 4.78 is 0. The highest BCUT2D eigenvalue weighted by Crippen LogP contribution is 2.32. The molecule has 0 N–H and O–H groups in total. The average molecular weight is 380 g/mol. The Kier molecular flexibility index (Phi) is 6.30. The first kappa shape index (κ1) is 19.7. The summed E-state index contributed by atoms with van der Waals surface area (Å²) in [4.78, 5) is 0. The minimum absolute atomic E-state index is 0.625. The van der Waals surface area contributed by atoms with Gasteiger partial charge in [0.25, 0.3) is 0 Å². The maximum absolute atomic E-state index is 2.38. The fraction of sp³-hybridized carbons (Fsp3) is 0.276. The van der Waals surface area contributed by atoms with Gasteiger partial charge in [-0.05, 0) is 63.8 Å². The highest BCUT2D eigenvalue weighted by Gasteiger charge is 2.20. The molecule has 0 heterocycles. The molecule has 0 aromatic heterocycles. The van der Waals surface area contributed by atoms with Gasteiger partial charge in [-0.15, -0.1) is 0 Å². The second-order valence-corrected chi connectivity index (χ2v) is 8.34. The van der Waals surface area contributed by atoms with Gasteiger partial charge in [-0.25, -0.2) is 0 Å². The summed E-state index contributed by atoms with van der Waals surface area (Å²) in [7, 11) is 0. The average Bonchev–Trinajstić information content (AvgIpc) is 2.77. The Bertz CT molecular complexity index is 1060. The Morgan fingerprint density at radius 3 is 1.90 bits per heavy atom. The fourth-order valence-electron chi connectivity index (χ4n) is 4.60. The standard InChI is InChI=1S/C29H31/c1-3-4-11-25(21-27-17-10-15-24-13-6-8-19-29(24)27)22(2)20-26-16-9-14-23-12-5-7-18-28(23)26/h5-10,12-19,25H,3-4,11,20-21H2,1-2H3. The zero-order valence-electron chi connectivity index (χ0n) is 17.7. The molecule has 0 saturated heterocycles. The van der Waals surface area contributed by atoms with Crippen LogP contribution in [0.5, 0.6) is 0 Å². The molecule has 1 unspecified atom stereocenters. The predicted octanol–water partition coefficient (Wildman–Crippen LogP) is 8.18. The van der Waals surface area contributed by atoms with Crippen molar-refractivity contribution in [3.05, 3.63) is 102 Å². The Morgan fingerprint density at radius 1 is 0.690 bits per heavy atom. The predicted molar refractivity (Wildman–Crippen MR) is 127 cm³/mol. The van der Waals surface area contributed by atoms with E-state index >= 15 is 0 Å². The molecule has 4 rings (SSSR count). The van der Waals surface area contributed by atoms with E-state index in [0.717, 1.165) is 12.8 Å². The minimum Gasteiger partial charge on any atom is -0.0654 e. The topological polar surface area (TPSA) is 0 Å². The second kappa shape index (κ2) is 9.27. The number of benzene rings is 4. The number of hydrogen-bond donors (Lipinski definition) is 0. The molecule has 0 aliphatic heterocycles. The molecule has 4 aromatic carbocycles. The molecule has 0 fully saturated rings. The molecule has 0 amide bonds. The third kappa shape index (κ3) is 4.53. The maximum Gasteiger partial charge on any atom is -0.0152 e. The van der Waals surface area contributed by atoms with Crippen LogP contribution >= 0.6 is 0 Å². The van der Waals surface area contributed by atoms with Gasteiger partial charge in [-0.3, -0.25) is 0 Å². The largest absolute Gasteiger partial charge is 0.0654 e. The molecule has 0 heteroatoms. The van der Waals surface area contributed by atoms with Crippen LogP contribution in [-0.4, -0.2) is 0 Å². The third-order valence-electron chi connectivity index (χ3n) is 6.30. The quantitative estimate of drug-likeness (QED) is 0.289. The fourth-order valence-corrected chi connectivity index (χ4v) is 4.60. The van der Waals surface area contributed by atoms with Crippen molar-refractivity contribution in [2.75, 3.05) is 0 Å². The van der Waals surface area contributed by atoms with Crippen LogP contribution in [0.25, 0.3) is 21.5 Å². The van der Waals surface area contributed by atoms with E-state index in [1.54, 1.807) is 5.92 Å². The van der Waals surface area contributed by atoms with E-state index in [-0.39, 0.29) is 0 Å². The van der Waals surface area contributed by atoms with Gasteiger partial charge in [0.1, 0.15) is 0 Å². The number of rotatable bonds is 8. The normalized spacial score (nSPS) is 12.7. The van der Waals surface area contributed by atoms with Crippen LogP contribution in [0.1, 0.15) is 44.2 Å². The number of hydrogen-bond acceptors (Lipinski definition) is 0. The van der Waals surface area contributed by atoms with E-state index < -0.39 is 0 Å². The summed E-state index contributed by atoms with van der Waals surface area (Å²) in [5.74, 6) is 2.24. The van der Waals surface area contributed by atoms with Crippen LogP contribution < -0.4 is 0 Å². The van der Waals surface area contributed by atoms with Crippen LogP contribution in [0.4, 0.5) is 0 Å². The van der Waals surface area contributed by atoms with Crippen molar-refractivity contribution in [2.45, 2.75) is 46.0 Å². The first-order valence-corrected chi connectivity index (χ1v) is 11.0. The maximum atomic E-state index is 2.38. The first-order chi connectivity index (χ1) is 14.3. The number of fused-ring (bicyclic) bond motifs is 2. The van der Waals surface area contributed by atoms with Crippen molar-refractivity contribution >= 4 is 21.5 Å². The highest BCUT2D eigenvalue weighted by molar-refractivity contribution is 5.86. The zero-order chi connectivity index (χ0) is 20.1. The van der Waals surface area contributed by atoms with Gasteiger partial charge in [0.2, 0.25) is 0 Å². The lowest BCUT2D eigenvalue weighted by molar-refractivity contribution is 0.467. The molecular formula is C29H31. The summed E-state index contributed by atoms with van der Waals surface area (Å²) in [5, 5.41) is 5.51. The van der Waals surface area contributed by atoms with Gasteiger partial charge in [0.05, 0.1) is 0 Å². The van der Waals surface area contributed by atoms with Crippen molar-refractivity contribution in [3.63, 3.8) is 0 Å². The van der Waals surface area contributed by atoms with Crippen LogP contribution in [-0.2, 0) is 12.8 Å². The van der Waals surface area contributed by atoms with Gasteiger partial charge in [0.15, 0.2) is 0 Å². The summed E-state index contributed by atoms with van der Waals surface area (Å²) in [6.07, 6.45) is 6.03. The summed E-state index contributed by atoms with van der Waals surface area (Å²) >= 11 is 0. The molecule has 0 nitrogen and oxygen atoms in total. The summed E-state index contributed by atoms with van der Waals surface area (Å²) in [6.45, 7) is 4.68. The Morgan fingerprint density at radius 2 is 1.24 bits per heavy atom. The summed E-state index contributed by atoms with van der Waals surface area (Å²) in [6, 6.07) is 31.1. The summed E-state index contributed by atoms with van der Waals surface area (Å²) in [5.41, 5.74) is 2.95. The molecule has 0 aliphatic carbocycles.